The van der Waals surface area contributed by atoms with E-state index in [1.54, 1.807) is 32.3 Å². The highest BCUT2D eigenvalue weighted by Crippen LogP contribution is 2.20. The Morgan fingerprint density at radius 1 is 1.22 bits per heavy atom. The van der Waals surface area contributed by atoms with Gasteiger partial charge in [0.25, 0.3) is 11.5 Å². The number of halogens is 1. The van der Waals surface area contributed by atoms with Gasteiger partial charge in [-0.25, -0.2) is 4.98 Å². The minimum atomic E-state index is -0.341. The Hall–Kier alpha value is -3.20. The van der Waals surface area contributed by atoms with Crippen LogP contribution >= 0.6 is 15.9 Å². The van der Waals surface area contributed by atoms with E-state index in [9.17, 15) is 9.59 Å². The number of imidazole rings is 1. The van der Waals surface area contributed by atoms with E-state index in [4.69, 9.17) is 0 Å². The summed E-state index contributed by atoms with van der Waals surface area (Å²) in [7, 11) is 1.62. The third kappa shape index (κ3) is 3.28. The fourth-order valence-electron chi connectivity index (χ4n) is 2.80. The molecule has 0 spiro atoms. The van der Waals surface area contributed by atoms with Crippen molar-refractivity contribution in [3.8, 4) is 11.3 Å². The number of nitrogens with zero attached hydrogens (tertiary/aromatic N) is 3. The fraction of sp³-hybridized carbons (Fsp3) is 0.111. The molecule has 0 saturated carbocycles. The highest BCUT2D eigenvalue weighted by atomic mass is 79.9. The molecule has 0 aliphatic heterocycles. The van der Waals surface area contributed by atoms with Gasteiger partial charge in [-0.2, -0.15) is 0 Å². The average molecular weight is 427 g/mol. The molecule has 4 rings (SSSR count). The van der Waals surface area contributed by atoms with Crippen LogP contribution in [0.2, 0.25) is 0 Å². The van der Waals surface area contributed by atoms with E-state index in [1.165, 1.54) is 4.68 Å². The normalized spacial score (nSPS) is 11.1. The van der Waals surface area contributed by atoms with Gasteiger partial charge < -0.3 is 10.1 Å². The number of hydrogen-bond acceptors (Lipinski definition) is 4. The molecule has 0 saturated heterocycles. The summed E-state index contributed by atoms with van der Waals surface area (Å²) < 4.78 is 2.27. The summed E-state index contributed by atoms with van der Waals surface area (Å²) in [5, 5.41) is 5.56. The van der Waals surface area contributed by atoms with Gasteiger partial charge in [0.2, 0.25) is 5.95 Å². The number of anilines is 1. The van der Waals surface area contributed by atoms with Crippen LogP contribution in [0.15, 0.2) is 45.8 Å². The number of pyridine rings is 1. The zero-order chi connectivity index (χ0) is 19.1. The molecule has 1 amide bonds. The summed E-state index contributed by atoms with van der Waals surface area (Å²) in [6.45, 7) is 1.77. The monoisotopic (exact) mass is 426 g/mol. The number of fused-ring (bicyclic) bond motifs is 1. The lowest BCUT2D eigenvalue weighted by Gasteiger charge is -2.05. The number of carbonyl (C=O) groups excluding carboxylic acids is 1. The van der Waals surface area contributed by atoms with Crippen LogP contribution in [0.3, 0.4) is 0 Å². The Bertz CT molecular complexity index is 1240. The van der Waals surface area contributed by atoms with Crippen molar-refractivity contribution in [3.05, 3.63) is 62.6 Å². The number of amides is 1. The topological polar surface area (TPSA) is 108 Å². The highest BCUT2D eigenvalue weighted by molar-refractivity contribution is 9.10. The largest absolute Gasteiger partial charge is 0.324 e. The van der Waals surface area contributed by atoms with Crippen LogP contribution in [0.1, 0.15) is 16.1 Å². The minimum Gasteiger partial charge on any atom is -0.324 e. The maximum atomic E-state index is 12.7. The van der Waals surface area contributed by atoms with Gasteiger partial charge in [-0.1, -0.05) is 15.9 Å². The molecule has 8 nitrogen and oxygen atoms in total. The summed E-state index contributed by atoms with van der Waals surface area (Å²) >= 11 is 3.40. The van der Waals surface area contributed by atoms with E-state index in [0.29, 0.717) is 28.5 Å². The highest BCUT2D eigenvalue weighted by Gasteiger charge is 2.15. The van der Waals surface area contributed by atoms with Gasteiger partial charge in [0.05, 0.1) is 22.3 Å². The van der Waals surface area contributed by atoms with Crippen molar-refractivity contribution < 1.29 is 4.79 Å². The summed E-state index contributed by atoms with van der Waals surface area (Å²) in [6.07, 6.45) is 1.57. The lowest BCUT2D eigenvalue weighted by Crippen LogP contribution is -2.16. The first-order valence-corrected chi connectivity index (χ1v) is 8.90. The zero-order valence-electron chi connectivity index (χ0n) is 14.5. The van der Waals surface area contributed by atoms with E-state index in [0.717, 1.165) is 15.5 Å². The van der Waals surface area contributed by atoms with Gasteiger partial charge in [-0.15, -0.1) is 0 Å². The number of aromatic nitrogens is 5. The van der Waals surface area contributed by atoms with Gasteiger partial charge in [-0.3, -0.25) is 24.6 Å². The Labute approximate surface area is 161 Å². The summed E-state index contributed by atoms with van der Waals surface area (Å²) in [5.41, 5.74) is 3.22. The number of rotatable bonds is 3. The van der Waals surface area contributed by atoms with Crippen LogP contribution in [0.25, 0.3) is 22.3 Å². The van der Waals surface area contributed by atoms with Crippen LogP contribution in [-0.2, 0) is 7.05 Å². The molecule has 9 heteroatoms. The maximum Gasteiger partial charge on any atom is 0.275 e. The minimum absolute atomic E-state index is 0.206. The van der Waals surface area contributed by atoms with Gasteiger partial charge in [0.15, 0.2) is 0 Å². The Morgan fingerprint density at radius 2 is 2.04 bits per heavy atom. The van der Waals surface area contributed by atoms with Crippen molar-refractivity contribution >= 4 is 38.8 Å². The zero-order valence-corrected chi connectivity index (χ0v) is 16.1. The summed E-state index contributed by atoms with van der Waals surface area (Å²) in [6, 6.07) is 8.86. The molecule has 136 valence electrons. The van der Waals surface area contributed by atoms with E-state index in [2.05, 4.69) is 41.3 Å². The lowest BCUT2D eigenvalue weighted by molar-refractivity contribution is 0.102. The number of aryl methyl sites for hydroxylation is 2. The molecule has 3 aromatic heterocycles. The third-order valence-electron chi connectivity index (χ3n) is 4.10. The number of carbonyl (C=O) groups is 1. The van der Waals surface area contributed by atoms with Crippen molar-refractivity contribution in [2.24, 2.45) is 7.05 Å². The van der Waals surface area contributed by atoms with Crippen molar-refractivity contribution in [1.82, 2.24) is 24.7 Å². The van der Waals surface area contributed by atoms with Crippen LogP contribution in [-0.4, -0.2) is 30.6 Å². The van der Waals surface area contributed by atoms with Crippen LogP contribution < -0.4 is 10.9 Å². The predicted octanol–water partition coefficient (Wildman–Crippen LogP) is 2.97. The van der Waals surface area contributed by atoms with Crippen LogP contribution in [0.5, 0.6) is 0 Å². The second-order valence-corrected chi connectivity index (χ2v) is 7.05. The lowest BCUT2D eigenvalue weighted by atomic mass is 10.1. The molecule has 27 heavy (non-hydrogen) atoms. The summed E-state index contributed by atoms with van der Waals surface area (Å²) in [4.78, 5) is 36.6. The second kappa shape index (κ2) is 6.51. The quantitative estimate of drug-likeness (QED) is 0.467. The molecule has 0 unspecified atom stereocenters. The Kier molecular flexibility index (Phi) is 4.15. The molecule has 3 heterocycles. The van der Waals surface area contributed by atoms with Crippen LogP contribution in [0.4, 0.5) is 5.95 Å². The standard InChI is InChI=1S/C18H15BrN6O2/c1-9-5-10(6-14(21-9)12-8-20-25(2)17(12)27)16(26)24-18-22-13-4-3-11(19)7-15(13)23-18/h3-8,20H,1-2H3,(H2,22,23,24,26). The van der Waals surface area contributed by atoms with E-state index in [-0.39, 0.29) is 11.5 Å². The molecule has 1 aromatic carbocycles. The predicted molar refractivity (Wildman–Crippen MR) is 106 cm³/mol. The molecular weight excluding hydrogens is 412 g/mol. The van der Waals surface area contributed by atoms with Crippen LogP contribution in [0, 0.1) is 6.92 Å². The Morgan fingerprint density at radius 3 is 2.78 bits per heavy atom. The van der Waals surface area contributed by atoms with E-state index >= 15 is 0 Å². The first-order valence-electron chi connectivity index (χ1n) is 8.11. The number of H-pyrrole nitrogens is 2. The molecule has 0 aliphatic carbocycles. The molecule has 0 bridgehead atoms. The molecule has 0 aliphatic rings. The fourth-order valence-corrected chi connectivity index (χ4v) is 3.17. The number of nitrogens with one attached hydrogen (secondary N) is 3. The first-order chi connectivity index (χ1) is 12.9. The molecule has 0 atom stereocenters. The average Bonchev–Trinajstić information content (AvgIpc) is 3.17. The molecular formula is C18H15BrN6O2. The van der Waals surface area contributed by atoms with E-state index < -0.39 is 0 Å². The number of benzene rings is 1. The smallest absolute Gasteiger partial charge is 0.275 e. The molecule has 0 fully saturated rings. The second-order valence-electron chi connectivity index (χ2n) is 6.13. The van der Waals surface area contributed by atoms with Gasteiger partial charge in [-0.05, 0) is 37.3 Å². The molecule has 0 radical (unpaired) electrons. The Balaban J connectivity index is 1.66. The van der Waals surface area contributed by atoms with E-state index in [1.807, 2.05) is 18.2 Å². The van der Waals surface area contributed by atoms with Crippen molar-refractivity contribution in [2.75, 3.05) is 5.32 Å². The summed E-state index contributed by atoms with van der Waals surface area (Å²) in [5.74, 6) is 0.00825. The van der Waals surface area contributed by atoms with Gasteiger partial charge in [0.1, 0.15) is 0 Å². The maximum absolute atomic E-state index is 12.7. The van der Waals surface area contributed by atoms with Gasteiger partial charge in [0, 0.05) is 29.0 Å². The van der Waals surface area contributed by atoms with Gasteiger partial charge >= 0.3 is 0 Å². The van der Waals surface area contributed by atoms with Crippen molar-refractivity contribution in [3.63, 3.8) is 0 Å². The van der Waals surface area contributed by atoms with Crippen molar-refractivity contribution in [1.29, 1.82) is 0 Å². The SMILES string of the molecule is Cc1cc(C(=O)Nc2nc3ccc(Br)cc3[nH]2)cc(-c2c[nH]n(C)c2=O)n1. The molecule has 4 aromatic rings. The number of hydrogen-bond donors (Lipinski definition) is 3. The number of aromatic amines is 2. The van der Waals surface area contributed by atoms with Crippen molar-refractivity contribution in [2.45, 2.75) is 6.92 Å². The third-order valence-corrected chi connectivity index (χ3v) is 4.60. The molecule has 3 N–H and O–H groups in total. The first kappa shape index (κ1) is 17.2.